The van der Waals surface area contributed by atoms with E-state index >= 15 is 0 Å². The van der Waals surface area contributed by atoms with Crippen LogP contribution in [0.4, 0.5) is 0 Å². The lowest BCUT2D eigenvalue weighted by atomic mass is 10.2. The molecule has 0 saturated heterocycles. The van der Waals surface area contributed by atoms with Gasteiger partial charge in [-0.1, -0.05) is 18.6 Å². The van der Waals surface area contributed by atoms with E-state index in [-0.39, 0.29) is 12.1 Å². The van der Waals surface area contributed by atoms with Crippen LogP contribution < -0.4 is 0 Å². The second-order valence-corrected chi connectivity index (χ2v) is 3.66. The summed E-state index contributed by atoms with van der Waals surface area (Å²) in [7, 11) is 0. The Bertz CT molecular complexity index is 414. The number of aromatic nitrogens is 3. The molecule has 0 bridgehead atoms. The molecular formula is C10H15N3O4. The minimum Gasteiger partial charge on any atom is -0.481 e. The van der Waals surface area contributed by atoms with Crippen LogP contribution in [0.25, 0.3) is 0 Å². The highest BCUT2D eigenvalue weighted by Crippen LogP contribution is 2.09. The van der Waals surface area contributed by atoms with E-state index in [1.165, 1.54) is 4.68 Å². The van der Waals surface area contributed by atoms with Crippen LogP contribution in [-0.4, -0.2) is 37.1 Å². The van der Waals surface area contributed by atoms with Crippen molar-refractivity contribution < 1.29 is 19.8 Å². The molecule has 0 saturated carbocycles. The van der Waals surface area contributed by atoms with Crippen molar-refractivity contribution in [2.45, 2.75) is 39.2 Å². The fourth-order valence-corrected chi connectivity index (χ4v) is 1.54. The van der Waals surface area contributed by atoms with Gasteiger partial charge in [-0.25, -0.2) is 9.48 Å². The predicted octanol–water partition coefficient (Wildman–Crippen LogP) is 0.794. The molecule has 0 aromatic carbocycles. The van der Waals surface area contributed by atoms with E-state index in [0.29, 0.717) is 25.1 Å². The summed E-state index contributed by atoms with van der Waals surface area (Å²) in [6.45, 7) is 2.31. The highest BCUT2D eigenvalue weighted by molar-refractivity contribution is 5.86. The molecule has 7 heteroatoms. The Balaban J connectivity index is 2.77. The Morgan fingerprint density at radius 3 is 2.59 bits per heavy atom. The third-order valence-electron chi connectivity index (χ3n) is 2.29. The third kappa shape index (κ3) is 3.54. The smallest absolute Gasteiger partial charge is 0.358 e. The molecule has 0 atom stereocenters. The molecule has 1 heterocycles. The number of nitrogens with zero attached hydrogens (tertiary/aromatic N) is 3. The second-order valence-electron chi connectivity index (χ2n) is 3.66. The van der Waals surface area contributed by atoms with Gasteiger partial charge in [0.05, 0.1) is 5.69 Å². The van der Waals surface area contributed by atoms with Crippen LogP contribution in [0.2, 0.25) is 0 Å². The van der Waals surface area contributed by atoms with Gasteiger partial charge < -0.3 is 10.2 Å². The minimum atomic E-state index is -1.10. The Morgan fingerprint density at radius 1 is 1.35 bits per heavy atom. The lowest BCUT2D eigenvalue weighted by molar-refractivity contribution is -0.137. The van der Waals surface area contributed by atoms with Gasteiger partial charge in [-0.15, -0.1) is 5.10 Å². The van der Waals surface area contributed by atoms with Crippen LogP contribution in [0.3, 0.4) is 0 Å². The highest BCUT2D eigenvalue weighted by atomic mass is 16.4. The average molecular weight is 241 g/mol. The first kappa shape index (κ1) is 13.1. The molecule has 7 nitrogen and oxygen atoms in total. The molecule has 94 valence electrons. The van der Waals surface area contributed by atoms with Gasteiger partial charge in [-0.05, 0) is 12.8 Å². The van der Waals surface area contributed by atoms with E-state index in [1.54, 1.807) is 0 Å². The normalized spacial score (nSPS) is 10.4. The number of carbonyl (C=O) groups is 2. The monoisotopic (exact) mass is 241 g/mol. The van der Waals surface area contributed by atoms with Gasteiger partial charge in [-0.3, -0.25) is 4.79 Å². The molecule has 1 aromatic heterocycles. The largest absolute Gasteiger partial charge is 0.481 e. The number of hydrogen-bond donors (Lipinski definition) is 2. The summed E-state index contributed by atoms with van der Waals surface area (Å²) < 4.78 is 1.48. The van der Waals surface area contributed by atoms with Crippen molar-refractivity contribution >= 4 is 11.9 Å². The molecule has 0 radical (unpaired) electrons. The van der Waals surface area contributed by atoms with E-state index in [2.05, 4.69) is 10.3 Å². The van der Waals surface area contributed by atoms with Crippen molar-refractivity contribution in [2.75, 3.05) is 0 Å². The molecule has 1 rings (SSSR count). The summed E-state index contributed by atoms with van der Waals surface area (Å²) in [4.78, 5) is 21.3. The maximum absolute atomic E-state index is 10.9. The van der Waals surface area contributed by atoms with Crippen LogP contribution in [-0.2, 0) is 17.8 Å². The van der Waals surface area contributed by atoms with Crippen LogP contribution in [0.15, 0.2) is 0 Å². The number of carboxylic acid groups (broad SMARTS) is 2. The first-order chi connectivity index (χ1) is 8.06. The zero-order valence-corrected chi connectivity index (χ0v) is 9.59. The topological polar surface area (TPSA) is 105 Å². The van der Waals surface area contributed by atoms with Crippen molar-refractivity contribution in [1.29, 1.82) is 0 Å². The highest BCUT2D eigenvalue weighted by Gasteiger charge is 2.17. The number of aryl methyl sites for hydroxylation is 1. The summed E-state index contributed by atoms with van der Waals surface area (Å²) in [5.41, 5.74) is 0.521. The second kappa shape index (κ2) is 5.97. The van der Waals surface area contributed by atoms with Gasteiger partial charge in [0.25, 0.3) is 0 Å². The van der Waals surface area contributed by atoms with E-state index < -0.39 is 11.9 Å². The summed E-state index contributed by atoms with van der Waals surface area (Å²) >= 11 is 0. The number of aromatic carboxylic acids is 1. The summed E-state index contributed by atoms with van der Waals surface area (Å²) in [6.07, 6.45) is 1.80. The molecular weight excluding hydrogens is 226 g/mol. The van der Waals surface area contributed by atoms with Gasteiger partial charge in [0.1, 0.15) is 0 Å². The van der Waals surface area contributed by atoms with E-state index in [1.807, 2.05) is 6.92 Å². The maximum Gasteiger partial charge on any atom is 0.358 e. The van der Waals surface area contributed by atoms with Crippen LogP contribution in [0.5, 0.6) is 0 Å². The van der Waals surface area contributed by atoms with Gasteiger partial charge in [0.2, 0.25) is 0 Å². The fraction of sp³-hybridized carbons (Fsp3) is 0.600. The standard InChI is InChI=1S/C10H15N3O4/c1-2-4-7-9(10(16)17)11-12-13(7)6-3-5-8(14)15/h2-6H2,1H3,(H,14,15)(H,16,17). The Morgan fingerprint density at radius 2 is 2.06 bits per heavy atom. The quantitative estimate of drug-likeness (QED) is 0.731. The van der Waals surface area contributed by atoms with Crippen molar-refractivity contribution in [1.82, 2.24) is 15.0 Å². The van der Waals surface area contributed by atoms with E-state index in [4.69, 9.17) is 10.2 Å². The molecule has 0 unspecified atom stereocenters. The van der Waals surface area contributed by atoms with Gasteiger partial charge >= 0.3 is 11.9 Å². The molecule has 0 aliphatic rings. The molecule has 0 spiro atoms. The Kier molecular flexibility index (Phi) is 4.62. The lowest BCUT2D eigenvalue weighted by Gasteiger charge is -2.04. The van der Waals surface area contributed by atoms with Gasteiger partial charge in [0, 0.05) is 13.0 Å². The lowest BCUT2D eigenvalue weighted by Crippen LogP contribution is -2.09. The minimum absolute atomic E-state index is 0.0355. The Hall–Kier alpha value is -1.92. The Labute approximate surface area is 98.1 Å². The average Bonchev–Trinajstić information content (AvgIpc) is 2.62. The molecule has 0 fully saturated rings. The number of rotatable bonds is 7. The third-order valence-corrected chi connectivity index (χ3v) is 2.29. The zero-order chi connectivity index (χ0) is 12.8. The summed E-state index contributed by atoms with van der Waals surface area (Å²) in [5, 5.41) is 24.8. The SMILES string of the molecule is CCCc1c(C(=O)O)nnn1CCCC(=O)O. The molecule has 1 aromatic rings. The van der Waals surface area contributed by atoms with E-state index in [0.717, 1.165) is 6.42 Å². The molecule has 0 amide bonds. The van der Waals surface area contributed by atoms with Crippen molar-refractivity contribution in [3.8, 4) is 0 Å². The van der Waals surface area contributed by atoms with Crippen LogP contribution in [0.1, 0.15) is 42.4 Å². The first-order valence-corrected chi connectivity index (χ1v) is 5.43. The maximum atomic E-state index is 10.9. The summed E-state index contributed by atoms with van der Waals surface area (Å²) in [6, 6.07) is 0. The first-order valence-electron chi connectivity index (χ1n) is 5.43. The number of aliphatic carboxylic acids is 1. The van der Waals surface area contributed by atoms with Gasteiger partial charge in [-0.2, -0.15) is 0 Å². The number of carboxylic acids is 2. The van der Waals surface area contributed by atoms with Crippen LogP contribution >= 0.6 is 0 Å². The molecule has 17 heavy (non-hydrogen) atoms. The van der Waals surface area contributed by atoms with Crippen molar-refractivity contribution in [2.24, 2.45) is 0 Å². The molecule has 2 N–H and O–H groups in total. The summed E-state index contributed by atoms with van der Waals surface area (Å²) in [5.74, 6) is -1.97. The van der Waals surface area contributed by atoms with Crippen LogP contribution in [0, 0.1) is 0 Å². The molecule has 0 aliphatic carbocycles. The zero-order valence-electron chi connectivity index (χ0n) is 9.59. The van der Waals surface area contributed by atoms with Gasteiger partial charge in [0.15, 0.2) is 5.69 Å². The predicted molar refractivity (Wildman–Crippen MR) is 57.8 cm³/mol. The van der Waals surface area contributed by atoms with Crippen molar-refractivity contribution in [3.63, 3.8) is 0 Å². The van der Waals surface area contributed by atoms with Crippen molar-refractivity contribution in [3.05, 3.63) is 11.4 Å². The number of hydrogen-bond acceptors (Lipinski definition) is 4. The molecule has 0 aliphatic heterocycles. The fourth-order valence-electron chi connectivity index (χ4n) is 1.54. The van der Waals surface area contributed by atoms with E-state index in [9.17, 15) is 9.59 Å².